The van der Waals surface area contributed by atoms with Crippen molar-refractivity contribution in [3.8, 4) is 0 Å². The number of anilines is 1. The van der Waals surface area contributed by atoms with Gasteiger partial charge in [0, 0.05) is 18.1 Å². The molecule has 2 aromatic heterocycles. The number of benzene rings is 1. The second-order valence-electron chi connectivity index (χ2n) is 3.64. The summed E-state index contributed by atoms with van der Waals surface area (Å²) >= 11 is 1.60. The number of nitrogens with zero attached hydrogens (tertiary/aromatic N) is 3. The SMILES string of the molecule is Nc1ccc2nc(SCn3cccn3)[nH]c2c1. The molecule has 0 fully saturated rings. The fourth-order valence-corrected chi connectivity index (χ4v) is 2.33. The van der Waals surface area contributed by atoms with E-state index in [-0.39, 0.29) is 0 Å². The molecule has 3 N–H and O–H groups in total. The molecule has 0 unspecified atom stereocenters. The molecule has 1 aromatic carbocycles. The van der Waals surface area contributed by atoms with Gasteiger partial charge in [-0.15, -0.1) is 0 Å². The first kappa shape index (κ1) is 10.2. The van der Waals surface area contributed by atoms with E-state index in [0.29, 0.717) is 0 Å². The number of aromatic amines is 1. The molecule has 6 heteroatoms. The molecule has 17 heavy (non-hydrogen) atoms. The van der Waals surface area contributed by atoms with Crippen LogP contribution in [0, 0.1) is 0 Å². The molecule has 3 aromatic rings. The molecule has 0 amide bonds. The van der Waals surface area contributed by atoms with Gasteiger partial charge in [0.25, 0.3) is 0 Å². The van der Waals surface area contributed by atoms with Gasteiger partial charge in [0.2, 0.25) is 0 Å². The Labute approximate surface area is 102 Å². The molecule has 0 spiro atoms. The minimum atomic E-state index is 0.738. The number of hydrogen-bond acceptors (Lipinski definition) is 4. The standard InChI is InChI=1S/C11H11N5S/c12-8-2-3-9-10(6-8)15-11(14-9)17-7-16-5-1-4-13-16/h1-6H,7,12H2,(H,14,15). The molecular weight excluding hydrogens is 234 g/mol. The zero-order valence-corrected chi connectivity index (χ0v) is 9.81. The summed E-state index contributed by atoms with van der Waals surface area (Å²) in [6.07, 6.45) is 3.69. The maximum atomic E-state index is 5.72. The van der Waals surface area contributed by atoms with Gasteiger partial charge in [-0.3, -0.25) is 4.68 Å². The Balaban J connectivity index is 1.81. The predicted molar refractivity (Wildman–Crippen MR) is 68.6 cm³/mol. The van der Waals surface area contributed by atoms with E-state index in [1.807, 2.05) is 35.1 Å². The van der Waals surface area contributed by atoms with Crippen molar-refractivity contribution in [2.75, 3.05) is 5.73 Å². The topological polar surface area (TPSA) is 72.5 Å². The van der Waals surface area contributed by atoms with Gasteiger partial charge in [0.1, 0.15) is 0 Å². The number of nitrogens with two attached hydrogens (primary N) is 1. The molecule has 5 nitrogen and oxygen atoms in total. The number of fused-ring (bicyclic) bond motifs is 1. The van der Waals surface area contributed by atoms with Crippen molar-refractivity contribution in [3.05, 3.63) is 36.7 Å². The van der Waals surface area contributed by atoms with Crippen LogP contribution in [0.5, 0.6) is 0 Å². The van der Waals surface area contributed by atoms with Crippen molar-refractivity contribution in [2.24, 2.45) is 0 Å². The Morgan fingerprint density at radius 1 is 1.41 bits per heavy atom. The van der Waals surface area contributed by atoms with Crippen LogP contribution in [0.15, 0.2) is 41.8 Å². The van der Waals surface area contributed by atoms with Crippen molar-refractivity contribution < 1.29 is 0 Å². The van der Waals surface area contributed by atoms with Gasteiger partial charge < -0.3 is 10.7 Å². The molecule has 0 aliphatic carbocycles. The van der Waals surface area contributed by atoms with Gasteiger partial charge in [0.15, 0.2) is 5.16 Å². The molecule has 0 aliphatic heterocycles. The maximum absolute atomic E-state index is 5.72. The van der Waals surface area contributed by atoms with Crippen LogP contribution < -0.4 is 5.73 Å². The number of H-pyrrole nitrogens is 1. The lowest BCUT2D eigenvalue weighted by Gasteiger charge is -1.97. The Hall–Kier alpha value is -1.95. The number of nitrogens with one attached hydrogen (secondary N) is 1. The van der Waals surface area contributed by atoms with Crippen molar-refractivity contribution >= 4 is 28.5 Å². The highest BCUT2D eigenvalue weighted by atomic mass is 32.2. The van der Waals surface area contributed by atoms with Gasteiger partial charge in [0.05, 0.1) is 16.9 Å². The molecule has 86 valence electrons. The predicted octanol–water partition coefficient (Wildman–Crippen LogP) is 2.09. The third kappa shape index (κ3) is 2.12. The third-order valence-electron chi connectivity index (χ3n) is 2.38. The summed E-state index contributed by atoms with van der Waals surface area (Å²) in [5.74, 6) is 0.738. The Kier molecular flexibility index (Phi) is 2.49. The number of rotatable bonds is 3. The van der Waals surface area contributed by atoms with E-state index in [2.05, 4.69) is 15.1 Å². The summed E-state index contributed by atoms with van der Waals surface area (Å²) in [7, 11) is 0. The van der Waals surface area contributed by atoms with Crippen LogP contribution in [0.2, 0.25) is 0 Å². The smallest absolute Gasteiger partial charge is 0.168 e. The van der Waals surface area contributed by atoms with Crippen LogP contribution >= 0.6 is 11.8 Å². The largest absolute Gasteiger partial charge is 0.399 e. The molecule has 2 heterocycles. The molecule has 0 radical (unpaired) electrons. The summed E-state index contributed by atoms with van der Waals surface area (Å²) in [6.45, 7) is 0. The maximum Gasteiger partial charge on any atom is 0.168 e. The van der Waals surface area contributed by atoms with E-state index in [1.165, 1.54) is 0 Å². The van der Waals surface area contributed by atoms with Crippen molar-refractivity contribution in [1.82, 2.24) is 19.7 Å². The minimum Gasteiger partial charge on any atom is -0.399 e. The Morgan fingerprint density at radius 3 is 3.18 bits per heavy atom. The van der Waals surface area contributed by atoms with Crippen LogP contribution in [0.25, 0.3) is 11.0 Å². The monoisotopic (exact) mass is 245 g/mol. The van der Waals surface area contributed by atoms with Crippen LogP contribution in [0.4, 0.5) is 5.69 Å². The summed E-state index contributed by atoms with van der Waals surface area (Å²) < 4.78 is 1.85. The van der Waals surface area contributed by atoms with Crippen LogP contribution in [-0.2, 0) is 5.88 Å². The van der Waals surface area contributed by atoms with Crippen LogP contribution in [0.1, 0.15) is 0 Å². The Bertz CT molecular complexity index is 628. The van der Waals surface area contributed by atoms with E-state index in [0.717, 1.165) is 27.8 Å². The quantitative estimate of drug-likeness (QED) is 0.547. The zero-order valence-electron chi connectivity index (χ0n) is 9.00. The van der Waals surface area contributed by atoms with E-state index in [9.17, 15) is 0 Å². The molecule has 0 atom stereocenters. The first-order valence-electron chi connectivity index (χ1n) is 5.17. The van der Waals surface area contributed by atoms with E-state index < -0.39 is 0 Å². The summed E-state index contributed by atoms with van der Waals surface area (Å²) in [5.41, 5.74) is 8.35. The molecule has 0 bridgehead atoms. The Morgan fingerprint density at radius 2 is 2.35 bits per heavy atom. The number of thioether (sulfide) groups is 1. The fraction of sp³-hybridized carbons (Fsp3) is 0.0909. The molecular formula is C11H11N5S. The molecule has 0 saturated heterocycles. The van der Waals surface area contributed by atoms with Crippen molar-refractivity contribution in [3.63, 3.8) is 0 Å². The number of hydrogen-bond donors (Lipinski definition) is 2. The fourth-order valence-electron chi connectivity index (χ4n) is 1.58. The minimum absolute atomic E-state index is 0.738. The average Bonchev–Trinajstić information content (AvgIpc) is 2.94. The van der Waals surface area contributed by atoms with Gasteiger partial charge in [-0.05, 0) is 24.3 Å². The third-order valence-corrected chi connectivity index (χ3v) is 3.24. The lowest BCUT2D eigenvalue weighted by molar-refractivity contribution is 0.748. The summed E-state index contributed by atoms with van der Waals surface area (Å²) in [6, 6.07) is 7.56. The average molecular weight is 245 g/mol. The highest BCUT2D eigenvalue weighted by molar-refractivity contribution is 7.98. The van der Waals surface area contributed by atoms with Crippen molar-refractivity contribution in [2.45, 2.75) is 11.0 Å². The van der Waals surface area contributed by atoms with Gasteiger partial charge in [-0.25, -0.2) is 4.98 Å². The second kappa shape index (κ2) is 4.14. The lowest BCUT2D eigenvalue weighted by atomic mass is 10.3. The molecule has 0 saturated carbocycles. The normalized spacial score (nSPS) is 11.1. The zero-order chi connectivity index (χ0) is 11.7. The van der Waals surface area contributed by atoms with E-state index in [4.69, 9.17) is 5.73 Å². The van der Waals surface area contributed by atoms with Crippen LogP contribution in [0.3, 0.4) is 0 Å². The molecule has 0 aliphatic rings. The van der Waals surface area contributed by atoms with Gasteiger partial charge in [-0.1, -0.05) is 11.8 Å². The number of aromatic nitrogens is 4. The highest BCUT2D eigenvalue weighted by Crippen LogP contribution is 2.21. The number of nitrogen functional groups attached to an aromatic ring is 1. The van der Waals surface area contributed by atoms with Crippen LogP contribution in [-0.4, -0.2) is 19.7 Å². The second-order valence-corrected chi connectivity index (χ2v) is 4.57. The summed E-state index contributed by atoms with van der Waals surface area (Å²) in [5, 5.41) is 5.01. The first-order chi connectivity index (χ1) is 8.31. The van der Waals surface area contributed by atoms with E-state index >= 15 is 0 Å². The molecule has 3 rings (SSSR count). The lowest BCUT2D eigenvalue weighted by Crippen LogP contribution is -1.94. The van der Waals surface area contributed by atoms with Crippen molar-refractivity contribution in [1.29, 1.82) is 0 Å². The number of imidazole rings is 1. The van der Waals surface area contributed by atoms with Gasteiger partial charge in [-0.2, -0.15) is 5.10 Å². The summed E-state index contributed by atoms with van der Waals surface area (Å²) in [4.78, 5) is 7.69. The highest BCUT2D eigenvalue weighted by Gasteiger charge is 2.03. The van der Waals surface area contributed by atoms with Gasteiger partial charge >= 0.3 is 0 Å². The van der Waals surface area contributed by atoms with E-state index in [1.54, 1.807) is 18.0 Å². The first-order valence-corrected chi connectivity index (χ1v) is 6.15.